The minimum atomic E-state index is -1.30. The van der Waals surface area contributed by atoms with E-state index >= 15 is 0 Å². The maximum absolute atomic E-state index is 11.6. The van der Waals surface area contributed by atoms with Crippen LogP contribution in [-0.4, -0.2) is 25.9 Å². The maximum atomic E-state index is 11.6. The van der Waals surface area contributed by atoms with Gasteiger partial charge >= 0.3 is 0 Å². The minimum absolute atomic E-state index is 0.000535. The highest BCUT2D eigenvalue weighted by Gasteiger charge is 2.44. The summed E-state index contributed by atoms with van der Waals surface area (Å²) in [5, 5.41) is 23.4. The summed E-state index contributed by atoms with van der Waals surface area (Å²) in [5.74, 6) is 0.394. The first-order chi connectivity index (χ1) is 14.6. The number of aliphatic hydroxyl groups is 1. The van der Waals surface area contributed by atoms with E-state index in [0.717, 1.165) is 16.3 Å². The second-order valence-corrected chi connectivity index (χ2v) is 8.01. The lowest BCUT2D eigenvalue weighted by Crippen LogP contribution is -2.44. The molecule has 0 aliphatic carbocycles. The van der Waals surface area contributed by atoms with E-state index in [9.17, 15) is 15.2 Å². The van der Waals surface area contributed by atoms with Crippen molar-refractivity contribution in [3.05, 3.63) is 112 Å². The van der Waals surface area contributed by atoms with Crippen molar-refractivity contribution >= 4 is 22.6 Å². The molecule has 0 amide bonds. The Morgan fingerprint density at radius 3 is 2.17 bits per heavy atom. The Labute approximate surface area is 179 Å². The van der Waals surface area contributed by atoms with Crippen molar-refractivity contribution in [3.8, 4) is 0 Å². The van der Waals surface area contributed by atoms with E-state index in [4.69, 9.17) is 4.99 Å². The highest BCUT2D eigenvalue weighted by Crippen LogP contribution is 2.40. The van der Waals surface area contributed by atoms with E-state index < -0.39 is 10.6 Å². The topological polar surface area (TPSA) is 79.0 Å². The highest BCUT2D eigenvalue weighted by molar-refractivity contribution is 8.14. The van der Waals surface area contributed by atoms with Crippen molar-refractivity contribution in [1.29, 1.82) is 0 Å². The molecular weight excluding hydrogens is 398 g/mol. The molecule has 0 radical (unpaired) electrons. The van der Waals surface area contributed by atoms with Gasteiger partial charge in [0.05, 0.1) is 17.2 Å². The highest BCUT2D eigenvalue weighted by atomic mass is 32.2. The van der Waals surface area contributed by atoms with E-state index in [0.29, 0.717) is 24.4 Å². The van der Waals surface area contributed by atoms with E-state index in [-0.39, 0.29) is 5.69 Å². The number of thioether (sulfide) groups is 1. The smallest absolute Gasteiger partial charge is 0.269 e. The van der Waals surface area contributed by atoms with Crippen LogP contribution in [0.15, 0.2) is 89.9 Å². The van der Waals surface area contributed by atoms with Crippen LogP contribution in [0.4, 0.5) is 5.69 Å². The number of hydrogen-bond donors (Lipinski definition) is 1. The van der Waals surface area contributed by atoms with Crippen molar-refractivity contribution in [2.75, 3.05) is 5.75 Å². The molecule has 30 heavy (non-hydrogen) atoms. The maximum Gasteiger partial charge on any atom is 0.269 e. The summed E-state index contributed by atoms with van der Waals surface area (Å²) in [7, 11) is 0. The van der Waals surface area contributed by atoms with Gasteiger partial charge in [-0.1, -0.05) is 72.4 Å². The molecule has 0 saturated carbocycles. The lowest BCUT2D eigenvalue weighted by molar-refractivity contribution is -0.384. The standard InChI is InChI=1S/C23H21N3O3S/c27-23(20-11-13-21(14-12-20)26(28)29)17-30-22(24-15-18-7-3-1-4-8-18)25(23)16-19-9-5-2-6-10-19/h1-14,27H,15-17H2/t23-/m1/s1. The third-order valence-corrected chi connectivity index (χ3v) is 6.20. The van der Waals surface area contributed by atoms with Gasteiger partial charge in [-0.2, -0.15) is 0 Å². The van der Waals surface area contributed by atoms with E-state index in [1.54, 1.807) is 12.1 Å². The van der Waals surface area contributed by atoms with Gasteiger partial charge in [-0.15, -0.1) is 0 Å². The molecule has 0 spiro atoms. The van der Waals surface area contributed by atoms with Crippen LogP contribution >= 0.6 is 11.8 Å². The fourth-order valence-electron chi connectivity index (χ4n) is 3.41. The molecule has 0 aromatic heterocycles. The van der Waals surface area contributed by atoms with Crippen LogP contribution in [0.25, 0.3) is 0 Å². The SMILES string of the molecule is O=[N+]([O-])c1ccc([C@]2(O)CSC(=NCc3ccccc3)N2Cc2ccccc2)cc1. The number of aliphatic imine (C=N–C) groups is 1. The monoisotopic (exact) mass is 419 g/mol. The Morgan fingerprint density at radius 2 is 1.57 bits per heavy atom. The molecule has 7 heteroatoms. The van der Waals surface area contributed by atoms with Crippen LogP contribution in [0, 0.1) is 10.1 Å². The Morgan fingerprint density at radius 1 is 0.967 bits per heavy atom. The van der Waals surface area contributed by atoms with Gasteiger partial charge in [0, 0.05) is 24.2 Å². The normalized spacial score (nSPS) is 19.9. The molecule has 1 aliphatic heterocycles. The average Bonchev–Trinajstić information content (AvgIpc) is 3.10. The summed E-state index contributed by atoms with van der Waals surface area (Å²) in [6.45, 7) is 1.000. The number of nitrogens with zero attached hydrogens (tertiary/aromatic N) is 3. The molecule has 4 rings (SSSR count). The van der Waals surface area contributed by atoms with Crippen molar-refractivity contribution in [2.24, 2.45) is 4.99 Å². The molecule has 3 aromatic carbocycles. The zero-order valence-electron chi connectivity index (χ0n) is 16.2. The third kappa shape index (κ3) is 4.22. The zero-order valence-corrected chi connectivity index (χ0v) is 17.0. The minimum Gasteiger partial charge on any atom is -0.366 e. The number of nitro groups is 1. The molecule has 0 unspecified atom stereocenters. The largest absolute Gasteiger partial charge is 0.366 e. The fraction of sp³-hybridized carbons (Fsp3) is 0.174. The zero-order chi connectivity index (χ0) is 21.0. The molecule has 1 fully saturated rings. The van der Waals surface area contributed by atoms with Crippen molar-refractivity contribution in [2.45, 2.75) is 18.8 Å². The van der Waals surface area contributed by atoms with Crippen LogP contribution in [0.2, 0.25) is 0 Å². The molecule has 1 N–H and O–H groups in total. The number of benzene rings is 3. The lowest BCUT2D eigenvalue weighted by Gasteiger charge is -2.34. The molecule has 1 atom stereocenters. The van der Waals surface area contributed by atoms with Gasteiger partial charge in [0.2, 0.25) is 0 Å². The number of nitro benzene ring substituents is 1. The van der Waals surface area contributed by atoms with E-state index in [2.05, 4.69) is 0 Å². The van der Waals surface area contributed by atoms with Gasteiger partial charge < -0.3 is 10.0 Å². The molecular formula is C23H21N3O3S. The predicted octanol–water partition coefficient (Wildman–Crippen LogP) is 4.55. The Balaban J connectivity index is 1.67. The summed E-state index contributed by atoms with van der Waals surface area (Å²) < 4.78 is 0. The molecule has 1 aliphatic rings. The van der Waals surface area contributed by atoms with Gasteiger partial charge in [0.1, 0.15) is 0 Å². The van der Waals surface area contributed by atoms with Crippen molar-refractivity contribution in [3.63, 3.8) is 0 Å². The van der Waals surface area contributed by atoms with E-state index in [1.165, 1.54) is 23.9 Å². The molecule has 1 heterocycles. The average molecular weight is 420 g/mol. The number of hydrogen-bond acceptors (Lipinski definition) is 5. The Bertz CT molecular complexity index is 1040. The van der Waals surface area contributed by atoms with Crippen molar-refractivity contribution in [1.82, 2.24) is 4.90 Å². The Kier molecular flexibility index (Phi) is 5.83. The summed E-state index contributed by atoms with van der Waals surface area (Å²) in [6.07, 6.45) is 0. The van der Waals surface area contributed by atoms with Gasteiger partial charge in [0.25, 0.3) is 5.69 Å². The summed E-state index contributed by atoms with van der Waals surface area (Å²) in [4.78, 5) is 17.2. The summed E-state index contributed by atoms with van der Waals surface area (Å²) in [6, 6.07) is 26.0. The molecule has 1 saturated heterocycles. The number of amidine groups is 1. The summed E-state index contributed by atoms with van der Waals surface area (Å²) >= 11 is 1.49. The number of rotatable bonds is 6. The molecule has 3 aromatic rings. The van der Waals surface area contributed by atoms with Crippen LogP contribution in [-0.2, 0) is 18.8 Å². The van der Waals surface area contributed by atoms with E-state index in [1.807, 2.05) is 65.6 Å². The molecule has 0 bridgehead atoms. The summed E-state index contributed by atoms with van der Waals surface area (Å²) in [5.41, 5.74) is 1.45. The number of non-ortho nitro benzene ring substituents is 1. The molecule has 152 valence electrons. The first kappa shape index (κ1) is 20.1. The van der Waals surface area contributed by atoms with Gasteiger partial charge in [-0.3, -0.25) is 15.1 Å². The van der Waals surface area contributed by atoms with Crippen LogP contribution in [0.3, 0.4) is 0 Å². The van der Waals surface area contributed by atoms with Crippen molar-refractivity contribution < 1.29 is 10.0 Å². The molecule has 6 nitrogen and oxygen atoms in total. The van der Waals surface area contributed by atoms with Crippen LogP contribution in [0.5, 0.6) is 0 Å². The van der Waals surface area contributed by atoms with Crippen LogP contribution < -0.4 is 0 Å². The van der Waals surface area contributed by atoms with Gasteiger partial charge in [0.15, 0.2) is 10.9 Å². The lowest BCUT2D eigenvalue weighted by atomic mass is 10.0. The first-order valence-corrected chi connectivity index (χ1v) is 10.5. The van der Waals surface area contributed by atoms with Gasteiger partial charge in [-0.05, 0) is 23.3 Å². The second kappa shape index (κ2) is 8.69. The fourth-order valence-corrected chi connectivity index (χ4v) is 4.59. The predicted molar refractivity (Wildman–Crippen MR) is 119 cm³/mol. The quantitative estimate of drug-likeness (QED) is 0.469. The first-order valence-electron chi connectivity index (χ1n) is 9.56. The second-order valence-electron chi connectivity index (χ2n) is 7.07. The Hall–Kier alpha value is -3.16. The third-order valence-electron chi connectivity index (χ3n) is 5.04. The van der Waals surface area contributed by atoms with Crippen LogP contribution in [0.1, 0.15) is 16.7 Å². The van der Waals surface area contributed by atoms with Gasteiger partial charge in [-0.25, -0.2) is 0 Å².